The molecule has 0 aliphatic carbocycles. The van der Waals surface area contributed by atoms with E-state index >= 15 is 0 Å². The topological polar surface area (TPSA) is 21.3 Å². The minimum Gasteiger partial charge on any atom is -0.490 e. The molecule has 0 aromatic heterocycles. The summed E-state index contributed by atoms with van der Waals surface area (Å²) in [5.41, 5.74) is 0. The SMILES string of the molecule is CCNC(COc1c(Br)cc(Br)cc1Br)C(C)CC. The van der Waals surface area contributed by atoms with E-state index in [9.17, 15) is 0 Å². The van der Waals surface area contributed by atoms with Gasteiger partial charge in [-0.15, -0.1) is 0 Å². The van der Waals surface area contributed by atoms with E-state index in [1.807, 2.05) is 12.1 Å². The first-order valence-electron chi connectivity index (χ1n) is 6.50. The van der Waals surface area contributed by atoms with E-state index in [1.54, 1.807) is 0 Å². The Morgan fingerprint density at radius 3 is 2.21 bits per heavy atom. The smallest absolute Gasteiger partial charge is 0.147 e. The van der Waals surface area contributed by atoms with Crippen molar-refractivity contribution in [3.05, 3.63) is 25.6 Å². The molecule has 2 nitrogen and oxygen atoms in total. The van der Waals surface area contributed by atoms with E-state index in [0.717, 1.165) is 32.1 Å². The number of hydrogen-bond donors (Lipinski definition) is 1. The van der Waals surface area contributed by atoms with Crippen molar-refractivity contribution in [2.45, 2.75) is 33.2 Å². The summed E-state index contributed by atoms with van der Waals surface area (Å²) >= 11 is 10.5. The molecule has 0 amide bonds. The van der Waals surface area contributed by atoms with Crippen LogP contribution in [0.4, 0.5) is 0 Å². The second kappa shape index (κ2) is 8.65. The molecule has 0 radical (unpaired) electrons. The predicted octanol–water partition coefficient (Wildman–Crippen LogP) is 5.38. The Labute approximate surface area is 141 Å². The Kier molecular flexibility index (Phi) is 7.95. The van der Waals surface area contributed by atoms with Crippen LogP contribution in [0, 0.1) is 5.92 Å². The van der Waals surface area contributed by atoms with Crippen LogP contribution in [0.15, 0.2) is 25.6 Å². The van der Waals surface area contributed by atoms with Crippen LogP contribution in [0.5, 0.6) is 5.75 Å². The third-order valence-corrected chi connectivity index (χ3v) is 4.80. The molecule has 0 heterocycles. The fourth-order valence-corrected chi connectivity index (χ4v) is 4.30. The Balaban J connectivity index is 2.74. The molecule has 0 spiro atoms. The van der Waals surface area contributed by atoms with Crippen LogP contribution in [-0.4, -0.2) is 19.2 Å². The largest absolute Gasteiger partial charge is 0.490 e. The van der Waals surface area contributed by atoms with Gasteiger partial charge in [-0.2, -0.15) is 0 Å². The summed E-state index contributed by atoms with van der Waals surface area (Å²) in [6.45, 7) is 8.21. The predicted molar refractivity (Wildman–Crippen MR) is 92.0 cm³/mol. The number of ether oxygens (including phenoxy) is 1. The maximum Gasteiger partial charge on any atom is 0.147 e. The van der Waals surface area contributed by atoms with Gasteiger partial charge in [-0.05, 0) is 56.5 Å². The van der Waals surface area contributed by atoms with Crippen molar-refractivity contribution in [2.75, 3.05) is 13.2 Å². The summed E-state index contributed by atoms with van der Waals surface area (Å²) in [7, 11) is 0. The van der Waals surface area contributed by atoms with Crippen LogP contribution < -0.4 is 10.1 Å². The third-order valence-electron chi connectivity index (χ3n) is 3.17. The zero-order valence-electron chi connectivity index (χ0n) is 11.5. The Hall–Kier alpha value is 0.420. The third kappa shape index (κ3) is 5.37. The molecule has 19 heavy (non-hydrogen) atoms. The number of halogens is 3. The molecule has 0 aliphatic heterocycles. The van der Waals surface area contributed by atoms with Crippen molar-refractivity contribution < 1.29 is 4.74 Å². The zero-order valence-corrected chi connectivity index (χ0v) is 16.2. The summed E-state index contributed by atoms with van der Waals surface area (Å²) in [5.74, 6) is 1.45. The summed E-state index contributed by atoms with van der Waals surface area (Å²) in [6, 6.07) is 4.36. The molecule has 108 valence electrons. The highest BCUT2D eigenvalue weighted by Crippen LogP contribution is 2.36. The fourth-order valence-electron chi connectivity index (χ4n) is 1.81. The van der Waals surface area contributed by atoms with E-state index < -0.39 is 0 Å². The molecule has 5 heteroatoms. The van der Waals surface area contributed by atoms with Gasteiger partial charge in [0.25, 0.3) is 0 Å². The zero-order chi connectivity index (χ0) is 14.4. The summed E-state index contributed by atoms with van der Waals surface area (Å²) < 4.78 is 8.90. The standard InChI is InChI=1S/C14H20Br3NO/c1-4-9(3)13(18-5-2)8-19-14-11(16)6-10(15)7-12(14)17/h6-7,9,13,18H,4-5,8H2,1-3H3. The van der Waals surface area contributed by atoms with Crippen LogP contribution in [0.3, 0.4) is 0 Å². The van der Waals surface area contributed by atoms with Crippen LogP contribution in [0.2, 0.25) is 0 Å². The lowest BCUT2D eigenvalue weighted by atomic mass is 10.00. The van der Waals surface area contributed by atoms with E-state index in [2.05, 4.69) is 73.9 Å². The van der Waals surface area contributed by atoms with Gasteiger partial charge in [0.15, 0.2) is 0 Å². The molecular formula is C14H20Br3NO. The van der Waals surface area contributed by atoms with Crippen LogP contribution >= 0.6 is 47.8 Å². The van der Waals surface area contributed by atoms with Gasteiger partial charge in [0.05, 0.1) is 8.95 Å². The van der Waals surface area contributed by atoms with Crippen LogP contribution in [0.1, 0.15) is 27.2 Å². The van der Waals surface area contributed by atoms with E-state index in [-0.39, 0.29) is 0 Å². The quantitative estimate of drug-likeness (QED) is 0.593. The second-order valence-corrected chi connectivity index (χ2v) is 7.18. The normalized spacial score (nSPS) is 14.2. The van der Waals surface area contributed by atoms with Crippen molar-refractivity contribution in [3.8, 4) is 5.75 Å². The van der Waals surface area contributed by atoms with Gasteiger partial charge in [0.2, 0.25) is 0 Å². The molecule has 2 atom stereocenters. The Morgan fingerprint density at radius 1 is 1.16 bits per heavy atom. The first-order valence-corrected chi connectivity index (χ1v) is 8.88. The van der Waals surface area contributed by atoms with Gasteiger partial charge < -0.3 is 10.1 Å². The van der Waals surface area contributed by atoms with Gasteiger partial charge in [-0.25, -0.2) is 0 Å². The first kappa shape index (κ1) is 17.5. The van der Waals surface area contributed by atoms with Gasteiger partial charge in [-0.1, -0.05) is 43.1 Å². The molecule has 0 saturated carbocycles. The number of benzene rings is 1. The van der Waals surface area contributed by atoms with Crippen LogP contribution in [-0.2, 0) is 0 Å². The summed E-state index contributed by atoms with van der Waals surface area (Å²) in [4.78, 5) is 0. The van der Waals surface area contributed by atoms with Crippen LogP contribution in [0.25, 0.3) is 0 Å². The van der Waals surface area contributed by atoms with Gasteiger partial charge >= 0.3 is 0 Å². The van der Waals surface area contributed by atoms with Gasteiger partial charge in [-0.3, -0.25) is 0 Å². The lowest BCUT2D eigenvalue weighted by molar-refractivity contribution is 0.220. The number of nitrogens with one attached hydrogen (secondary N) is 1. The molecule has 1 N–H and O–H groups in total. The molecule has 0 saturated heterocycles. The molecule has 2 unspecified atom stereocenters. The van der Waals surface area contributed by atoms with Crippen molar-refractivity contribution in [2.24, 2.45) is 5.92 Å². The number of likely N-dealkylation sites (N-methyl/N-ethyl adjacent to an activating group) is 1. The highest BCUT2D eigenvalue weighted by molar-refractivity contribution is 9.11. The van der Waals surface area contributed by atoms with Gasteiger partial charge in [0.1, 0.15) is 12.4 Å². The molecule has 1 aromatic rings. The molecule has 0 bridgehead atoms. The maximum atomic E-state index is 5.98. The maximum absolute atomic E-state index is 5.98. The monoisotopic (exact) mass is 455 g/mol. The Morgan fingerprint density at radius 2 is 1.74 bits per heavy atom. The molecule has 1 aromatic carbocycles. The molecule has 0 fully saturated rings. The Bertz CT molecular complexity index is 389. The van der Waals surface area contributed by atoms with E-state index in [1.165, 1.54) is 0 Å². The minimum absolute atomic E-state index is 0.373. The highest BCUT2D eigenvalue weighted by Gasteiger charge is 2.17. The minimum atomic E-state index is 0.373. The molecule has 0 aliphatic rings. The van der Waals surface area contributed by atoms with E-state index in [4.69, 9.17) is 4.74 Å². The van der Waals surface area contributed by atoms with Crippen molar-refractivity contribution in [3.63, 3.8) is 0 Å². The van der Waals surface area contributed by atoms with Crippen molar-refractivity contribution in [1.29, 1.82) is 0 Å². The first-order chi connectivity index (χ1) is 8.99. The number of hydrogen-bond acceptors (Lipinski definition) is 2. The summed E-state index contributed by atoms with van der Waals surface area (Å²) in [5, 5.41) is 3.49. The lowest BCUT2D eigenvalue weighted by Crippen LogP contribution is -2.39. The average molecular weight is 458 g/mol. The second-order valence-electron chi connectivity index (χ2n) is 4.56. The van der Waals surface area contributed by atoms with Gasteiger partial charge in [0, 0.05) is 10.5 Å². The average Bonchev–Trinajstić information content (AvgIpc) is 2.35. The number of rotatable bonds is 7. The highest BCUT2D eigenvalue weighted by atomic mass is 79.9. The van der Waals surface area contributed by atoms with Crippen molar-refractivity contribution in [1.82, 2.24) is 5.32 Å². The molecule has 1 rings (SSSR count). The lowest BCUT2D eigenvalue weighted by Gasteiger charge is -2.24. The molecular weight excluding hydrogens is 438 g/mol. The fraction of sp³-hybridized carbons (Fsp3) is 0.571. The van der Waals surface area contributed by atoms with Crippen molar-refractivity contribution >= 4 is 47.8 Å². The van der Waals surface area contributed by atoms with E-state index in [0.29, 0.717) is 18.6 Å². The summed E-state index contributed by atoms with van der Waals surface area (Å²) in [6.07, 6.45) is 1.14.